The van der Waals surface area contributed by atoms with Crippen LogP contribution >= 0.6 is 23.4 Å². The van der Waals surface area contributed by atoms with E-state index in [-0.39, 0.29) is 11.7 Å². The second-order valence-corrected chi connectivity index (χ2v) is 5.50. The number of nitrogens with one attached hydrogen (secondary N) is 2. The third kappa shape index (κ3) is 4.51. The molecule has 110 valence electrons. The molecule has 1 heterocycles. The van der Waals surface area contributed by atoms with Gasteiger partial charge in [-0.3, -0.25) is 20.4 Å². The van der Waals surface area contributed by atoms with Gasteiger partial charge in [0, 0.05) is 30.0 Å². The van der Waals surface area contributed by atoms with Crippen molar-refractivity contribution in [3.8, 4) is 0 Å². The average molecular weight is 325 g/mol. The molecule has 1 aromatic carbocycles. The summed E-state index contributed by atoms with van der Waals surface area (Å²) in [4.78, 5) is 27.5. The molecule has 0 bridgehead atoms. The number of imidazole rings is 1. The smallest absolute Gasteiger partial charge is 0.269 e. The highest BCUT2D eigenvalue weighted by molar-refractivity contribution is 7.99. The summed E-state index contributed by atoms with van der Waals surface area (Å²) in [6, 6.07) is 6.46. The lowest BCUT2D eigenvalue weighted by Gasteiger charge is -2.07. The first-order valence-corrected chi connectivity index (χ1v) is 7.37. The van der Waals surface area contributed by atoms with Gasteiger partial charge in [0.15, 0.2) is 5.16 Å². The summed E-state index contributed by atoms with van der Waals surface area (Å²) in [6.45, 7) is 0. The molecule has 6 nitrogen and oxygen atoms in total. The molecular weight excluding hydrogens is 312 g/mol. The molecule has 0 aliphatic carbocycles. The molecule has 0 saturated carbocycles. The van der Waals surface area contributed by atoms with E-state index >= 15 is 0 Å². The van der Waals surface area contributed by atoms with Crippen LogP contribution in [-0.2, 0) is 11.8 Å². The molecular formula is C13H13ClN4O2S. The SMILES string of the molecule is Cn1ccnc1SCC(=O)NNC(=O)c1cccc(Cl)c1. The molecule has 8 heteroatoms. The number of nitrogens with zero attached hydrogens (tertiary/aromatic N) is 2. The Balaban J connectivity index is 1.79. The second-order valence-electron chi connectivity index (χ2n) is 4.12. The van der Waals surface area contributed by atoms with Gasteiger partial charge in [0.1, 0.15) is 0 Å². The van der Waals surface area contributed by atoms with Gasteiger partial charge in [0.2, 0.25) is 5.91 Å². The zero-order valence-corrected chi connectivity index (χ0v) is 12.7. The van der Waals surface area contributed by atoms with Gasteiger partial charge in [-0.25, -0.2) is 4.98 Å². The summed E-state index contributed by atoms with van der Waals surface area (Å²) in [5, 5.41) is 1.19. The summed E-state index contributed by atoms with van der Waals surface area (Å²) in [6.07, 6.45) is 3.45. The van der Waals surface area contributed by atoms with Crippen molar-refractivity contribution in [1.82, 2.24) is 20.4 Å². The predicted molar refractivity (Wildman–Crippen MR) is 81.0 cm³/mol. The number of thioether (sulfide) groups is 1. The van der Waals surface area contributed by atoms with E-state index in [0.717, 1.165) is 5.16 Å². The lowest BCUT2D eigenvalue weighted by Crippen LogP contribution is -2.42. The topological polar surface area (TPSA) is 76.0 Å². The Hall–Kier alpha value is -1.99. The lowest BCUT2D eigenvalue weighted by atomic mass is 10.2. The minimum absolute atomic E-state index is 0.153. The fraction of sp³-hybridized carbons (Fsp3) is 0.154. The van der Waals surface area contributed by atoms with Crippen LogP contribution in [-0.4, -0.2) is 27.1 Å². The first-order valence-electron chi connectivity index (χ1n) is 6.01. The fourth-order valence-electron chi connectivity index (χ4n) is 1.49. The average Bonchev–Trinajstić information content (AvgIpc) is 2.88. The quantitative estimate of drug-likeness (QED) is 0.662. The van der Waals surface area contributed by atoms with Crippen molar-refractivity contribution in [3.63, 3.8) is 0 Å². The minimum Gasteiger partial charge on any atom is -0.329 e. The predicted octanol–water partition coefficient (Wildman–Crippen LogP) is 1.63. The maximum Gasteiger partial charge on any atom is 0.269 e. The van der Waals surface area contributed by atoms with Crippen LogP contribution in [0.15, 0.2) is 41.8 Å². The van der Waals surface area contributed by atoms with E-state index in [2.05, 4.69) is 15.8 Å². The normalized spacial score (nSPS) is 10.2. The van der Waals surface area contributed by atoms with Crippen molar-refractivity contribution in [1.29, 1.82) is 0 Å². The highest BCUT2D eigenvalue weighted by Crippen LogP contribution is 2.13. The number of halogens is 1. The second kappa shape index (κ2) is 7.14. The van der Waals surface area contributed by atoms with Crippen molar-refractivity contribution in [2.24, 2.45) is 7.05 Å². The number of rotatable bonds is 4. The highest BCUT2D eigenvalue weighted by atomic mass is 35.5. The van der Waals surface area contributed by atoms with Gasteiger partial charge in [-0.2, -0.15) is 0 Å². The zero-order chi connectivity index (χ0) is 15.2. The van der Waals surface area contributed by atoms with E-state index < -0.39 is 5.91 Å². The van der Waals surface area contributed by atoms with Crippen LogP contribution in [0, 0.1) is 0 Å². The molecule has 2 amide bonds. The number of aryl methyl sites for hydroxylation is 1. The lowest BCUT2D eigenvalue weighted by molar-refractivity contribution is -0.119. The first-order chi connectivity index (χ1) is 10.1. The molecule has 2 N–H and O–H groups in total. The summed E-state index contributed by atoms with van der Waals surface area (Å²) in [7, 11) is 1.84. The maximum atomic E-state index is 11.8. The summed E-state index contributed by atoms with van der Waals surface area (Å²) < 4.78 is 1.81. The Morgan fingerprint density at radius 2 is 2.19 bits per heavy atom. The largest absolute Gasteiger partial charge is 0.329 e. The Bertz CT molecular complexity index is 659. The van der Waals surface area contributed by atoms with Gasteiger partial charge < -0.3 is 4.57 Å². The van der Waals surface area contributed by atoms with Crippen LogP contribution in [0.2, 0.25) is 5.02 Å². The molecule has 0 aliphatic rings. The van der Waals surface area contributed by atoms with Crippen molar-refractivity contribution >= 4 is 35.2 Å². The summed E-state index contributed by atoms with van der Waals surface area (Å²) in [5.41, 5.74) is 5.05. The molecule has 0 saturated heterocycles. The van der Waals surface area contributed by atoms with Gasteiger partial charge >= 0.3 is 0 Å². The molecule has 21 heavy (non-hydrogen) atoms. The number of hydrogen-bond donors (Lipinski definition) is 2. The van der Waals surface area contributed by atoms with E-state index in [4.69, 9.17) is 11.6 Å². The zero-order valence-electron chi connectivity index (χ0n) is 11.2. The number of carbonyl (C=O) groups excluding carboxylic acids is 2. The number of carbonyl (C=O) groups is 2. The van der Waals surface area contributed by atoms with Crippen LogP contribution < -0.4 is 10.9 Å². The van der Waals surface area contributed by atoms with Gasteiger partial charge in [-0.05, 0) is 18.2 Å². The molecule has 1 aromatic heterocycles. The minimum atomic E-state index is -0.423. The number of aromatic nitrogens is 2. The van der Waals surface area contributed by atoms with Gasteiger partial charge in [0.05, 0.1) is 5.75 Å². The van der Waals surface area contributed by atoms with Gasteiger partial charge in [0.25, 0.3) is 5.91 Å². The molecule has 0 radical (unpaired) electrons. The standard InChI is InChI=1S/C13H13ClN4O2S/c1-18-6-5-15-13(18)21-8-11(19)16-17-12(20)9-3-2-4-10(14)7-9/h2-7H,8H2,1H3,(H,16,19)(H,17,20). The van der Waals surface area contributed by atoms with Crippen LogP contribution in [0.1, 0.15) is 10.4 Å². The van der Waals surface area contributed by atoms with Crippen molar-refractivity contribution in [2.45, 2.75) is 5.16 Å². The summed E-state index contributed by atoms with van der Waals surface area (Å²) >= 11 is 7.07. The summed E-state index contributed by atoms with van der Waals surface area (Å²) in [5.74, 6) is -0.591. The molecule has 2 aromatic rings. The van der Waals surface area contributed by atoms with Gasteiger partial charge in [-0.15, -0.1) is 0 Å². The van der Waals surface area contributed by atoms with Crippen LogP contribution in [0.5, 0.6) is 0 Å². The Morgan fingerprint density at radius 1 is 1.38 bits per heavy atom. The molecule has 0 spiro atoms. The Morgan fingerprint density at radius 3 is 2.86 bits per heavy atom. The fourth-order valence-corrected chi connectivity index (χ4v) is 2.41. The highest BCUT2D eigenvalue weighted by Gasteiger charge is 2.09. The Labute approximate surface area is 130 Å². The van der Waals surface area contributed by atoms with Crippen molar-refractivity contribution in [2.75, 3.05) is 5.75 Å². The third-order valence-corrected chi connectivity index (χ3v) is 3.80. The maximum absolute atomic E-state index is 11.8. The van der Waals surface area contributed by atoms with E-state index in [9.17, 15) is 9.59 Å². The molecule has 0 aliphatic heterocycles. The molecule has 0 unspecified atom stereocenters. The number of hydrogen-bond acceptors (Lipinski definition) is 4. The third-order valence-electron chi connectivity index (χ3n) is 2.51. The number of amides is 2. The van der Waals surface area contributed by atoms with Crippen molar-refractivity contribution < 1.29 is 9.59 Å². The van der Waals surface area contributed by atoms with Crippen LogP contribution in [0.3, 0.4) is 0 Å². The molecule has 0 fully saturated rings. The van der Waals surface area contributed by atoms with Crippen molar-refractivity contribution in [3.05, 3.63) is 47.2 Å². The van der Waals surface area contributed by atoms with E-state index in [1.807, 2.05) is 11.6 Å². The molecule has 2 rings (SSSR count). The van der Waals surface area contributed by atoms with E-state index in [0.29, 0.717) is 10.6 Å². The van der Waals surface area contributed by atoms with E-state index in [1.165, 1.54) is 17.8 Å². The number of hydrazine groups is 1. The van der Waals surface area contributed by atoms with E-state index in [1.54, 1.807) is 30.6 Å². The first kappa shape index (κ1) is 15.4. The van der Waals surface area contributed by atoms with Crippen LogP contribution in [0.25, 0.3) is 0 Å². The van der Waals surface area contributed by atoms with Crippen LogP contribution in [0.4, 0.5) is 0 Å². The van der Waals surface area contributed by atoms with Gasteiger partial charge in [-0.1, -0.05) is 29.4 Å². The number of benzene rings is 1. The Kier molecular flexibility index (Phi) is 5.24. The molecule has 0 atom stereocenters. The monoisotopic (exact) mass is 324 g/mol.